The van der Waals surface area contributed by atoms with E-state index in [-0.39, 0.29) is 6.17 Å². The maximum atomic E-state index is 6.04. The van der Waals surface area contributed by atoms with Crippen LogP contribution in [0.1, 0.15) is 30.0 Å². The zero-order valence-corrected chi connectivity index (χ0v) is 13.4. The summed E-state index contributed by atoms with van der Waals surface area (Å²) in [6, 6.07) is 9.66. The normalized spacial score (nSPS) is 12.0. The third-order valence-electron chi connectivity index (χ3n) is 3.42. The van der Waals surface area contributed by atoms with Gasteiger partial charge in [-0.2, -0.15) is 0 Å². The summed E-state index contributed by atoms with van der Waals surface area (Å²) in [5.41, 5.74) is 15.0. The summed E-state index contributed by atoms with van der Waals surface area (Å²) in [6.45, 7) is 7.32. The van der Waals surface area contributed by atoms with E-state index in [1.807, 2.05) is 30.3 Å². The first-order valence-electron chi connectivity index (χ1n) is 7.71. The first kappa shape index (κ1) is 17.1. The summed E-state index contributed by atoms with van der Waals surface area (Å²) in [6.07, 6.45) is 2.39. The van der Waals surface area contributed by atoms with Crippen LogP contribution >= 0.6 is 0 Å². The van der Waals surface area contributed by atoms with Gasteiger partial charge < -0.3 is 16.8 Å². The van der Waals surface area contributed by atoms with E-state index < -0.39 is 0 Å². The summed E-state index contributed by atoms with van der Waals surface area (Å²) < 4.78 is 0. The fourth-order valence-corrected chi connectivity index (χ4v) is 2.12. The zero-order chi connectivity index (χ0) is 16.7. The molecule has 2 rings (SSSR count). The molecular formula is C17H24N6. The van der Waals surface area contributed by atoms with Gasteiger partial charge in [-0.25, -0.2) is 4.98 Å². The van der Waals surface area contributed by atoms with E-state index in [0.29, 0.717) is 24.6 Å². The van der Waals surface area contributed by atoms with Crippen LogP contribution in [-0.4, -0.2) is 23.1 Å². The molecule has 2 heterocycles. The van der Waals surface area contributed by atoms with E-state index in [9.17, 15) is 0 Å². The Kier molecular flexibility index (Phi) is 6.22. The molecule has 0 amide bonds. The Bertz CT molecular complexity index is 655. The monoisotopic (exact) mass is 312 g/mol. The maximum Gasteiger partial charge on any atom is 0.130 e. The molecule has 23 heavy (non-hydrogen) atoms. The number of pyridine rings is 2. The predicted octanol–water partition coefficient (Wildman–Crippen LogP) is 1.63. The Labute approximate surface area is 137 Å². The summed E-state index contributed by atoms with van der Waals surface area (Å²) in [5.74, 6) is 0.682. The molecule has 6 heteroatoms. The summed E-state index contributed by atoms with van der Waals surface area (Å²) in [4.78, 5) is 8.85. The second-order valence-corrected chi connectivity index (χ2v) is 5.17. The molecule has 0 spiro atoms. The Hall–Kier alpha value is -2.28. The van der Waals surface area contributed by atoms with E-state index >= 15 is 0 Å². The minimum absolute atomic E-state index is 0.352. The van der Waals surface area contributed by atoms with E-state index in [2.05, 4.69) is 34.1 Å². The quantitative estimate of drug-likeness (QED) is 0.553. The highest BCUT2D eigenvalue weighted by atomic mass is 15.1. The minimum atomic E-state index is -0.352. The van der Waals surface area contributed by atoms with Crippen LogP contribution in [0.4, 0.5) is 5.82 Å². The second-order valence-electron chi connectivity index (χ2n) is 5.17. The number of hydrogen-bond donors (Lipinski definition) is 4. The molecule has 0 saturated heterocycles. The standard InChI is InChI=1S/C17H24N6/c1-3-13-7-9-20-15(11-13)12(2)22-16-6-4-5-14(23-16)17(19)21-10-8-18/h4-7,9,11,17,21H,2-3,8,10,18-19H2,1H3,(H,22,23). The van der Waals surface area contributed by atoms with Gasteiger partial charge >= 0.3 is 0 Å². The van der Waals surface area contributed by atoms with Crippen molar-refractivity contribution >= 4 is 11.5 Å². The highest BCUT2D eigenvalue weighted by Crippen LogP contribution is 2.16. The van der Waals surface area contributed by atoms with Crippen molar-refractivity contribution in [1.82, 2.24) is 15.3 Å². The smallest absolute Gasteiger partial charge is 0.130 e. The van der Waals surface area contributed by atoms with Crippen LogP contribution in [0.15, 0.2) is 43.1 Å². The number of nitrogens with zero attached hydrogens (tertiary/aromatic N) is 2. The van der Waals surface area contributed by atoms with Crippen molar-refractivity contribution in [3.8, 4) is 0 Å². The van der Waals surface area contributed by atoms with E-state index in [1.54, 1.807) is 6.20 Å². The molecule has 2 aromatic rings. The van der Waals surface area contributed by atoms with Crippen LogP contribution in [-0.2, 0) is 6.42 Å². The summed E-state index contributed by atoms with van der Waals surface area (Å²) in [7, 11) is 0. The first-order valence-corrected chi connectivity index (χ1v) is 7.71. The molecule has 0 aliphatic heterocycles. The van der Waals surface area contributed by atoms with Gasteiger partial charge in [0.05, 0.1) is 23.3 Å². The lowest BCUT2D eigenvalue weighted by atomic mass is 10.1. The van der Waals surface area contributed by atoms with Crippen LogP contribution in [0, 0.1) is 0 Å². The maximum absolute atomic E-state index is 6.04. The van der Waals surface area contributed by atoms with Crippen molar-refractivity contribution in [2.75, 3.05) is 18.4 Å². The third kappa shape index (κ3) is 4.85. The number of anilines is 1. The number of nitrogens with one attached hydrogen (secondary N) is 2. The van der Waals surface area contributed by atoms with Crippen LogP contribution in [0.3, 0.4) is 0 Å². The minimum Gasteiger partial charge on any atom is -0.339 e. The number of aryl methyl sites for hydroxylation is 1. The van der Waals surface area contributed by atoms with Crippen molar-refractivity contribution in [2.45, 2.75) is 19.5 Å². The molecule has 122 valence electrons. The summed E-state index contributed by atoms with van der Waals surface area (Å²) in [5, 5.41) is 6.29. The lowest BCUT2D eigenvalue weighted by molar-refractivity contribution is 0.548. The first-order chi connectivity index (χ1) is 11.1. The van der Waals surface area contributed by atoms with Crippen molar-refractivity contribution in [3.63, 3.8) is 0 Å². The van der Waals surface area contributed by atoms with Crippen molar-refractivity contribution in [1.29, 1.82) is 0 Å². The van der Waals surface area contributed by atoms with Gasteiger partial charge in [0.15, 0.2) is 0 Å². The lowest BCUT2D eigenvalue weighted by Crippen LogP contribution is -2.33. The second kappa shape index (κ2) is 8.38. The Morgan fingerprint density at radius 2 is 2.17 bits per heavy atom. The summed E-state index contributed by atoms with van der Waals surface area (Å²) >= 11 is 0. The van der Waals surface area contributed by atoms with Gasteiger partial charge in [-0.15, -0.1) is 0 Å². The fraction of sp³-hybridized carbons (Fsp3) is 0.294. The van der Waals surface area contributed by atoms with Gasteiger partial charge in [0.2, 0.25) is 0 Å². The average Bonchev–Trinajstić information content (AvgIpc) is 2.59. The molecule has 1 atom stereocenters. The predicted molar refractivity (Wildman–Crippen MR) is 94.5 cm³/mol. The molecule has 6 nitrogen and oxygen atoms in total. The number of hydrogen-bond acceptors (Lipinski definition) is 6. The number of aromatic nitrogens is 2. The molecule has 0 aromatic carbocycles. The molecule has 0 aliphatic rings. The van der Waals surface area contributed by atoms with Crippen LogP contribution in [0.5, 0.6) is 0 Å². The third-order valence-corrected chi connectivity index (χ3v) is 3.42. The van der Waals surface area contributed by atoms with E-state index in [4.69, 9.17) is 11.5 Å². The molecule has 0 bridgehead atoms. The van der Waals surface area contributed by atoms with Crippen molar-refractivity contribution < 1.29 is 0 Å². The fourth-order valence-electron chi connectivity index (χ4n) is 2.12. The van der Waals surface area contributed by atoms with Crippen LogP contribution in [0.2, 0.25) is 0 Å². The van der Waals surface area contributed by atoms with Crippen LogP contribution in [0.25, 0.3) is 5.70 Å². The van der Waals surface area contributed by atoms with Crippen molar-refractivity contribution in [3.05, 3.63) is 60.1 Å². The molecule has 0 aliphatic carbocycles. The van der Waals surface area contributed by atoms with E-state index in [1.165, 1.54) is 5.56 Å². The number of nitrogens with two attached hydrogens (primary N) is 2. The van der Waals surface area contributed by atoms with Crippen LogP contribution < -0.4 is 22.1 Å². The Morgan fingerprint density at radius 3 is 2.91 bits per heavy atom. The molecule has 6 N–H and O–H groups in total. The van der Waals surface area contributed by atoms with Gasteiger partial charge in [0, 0.05) is 19.3 Å². The van der Waals surface area contributed by atoms with Gasteiger partial charge in [0.1, 0.15) is 5.82 Å². The average molecular weight is 312 g/mol. The van der Waals surface area contributed by atoms with E-state index in [0.717, 1.165) is 17.8 Å². The molecule has 0 fully saturated rings. The molecule has 1 unspecified atom stereocenters. The number of rotatable bonds is 8. The largest absolute Gasteiger partial charge is 0.339 e. The SMILES string of the molecule is C=C(Nc1cccc(C(N)NCCN)n1)c1cc(CC)ccn1. The van der Waals surface area contributed by atoms with Gasteiger partial charge in [-0.3, -0.25) is 10.3 Å². The molecular weight excluding hydrogens is 288 g/mol. The Balaban J connectivity index is 2.08. The Morgan fingerprint density at radius 1 is 1.35 bits per heavy atom. The van der Waals surface area contributed by atoms with Crippen molar-refractivity contribution in [2.24, 2.45) is 11.5 Å². The highest BCUT2D eigenvalue weighted by Gasteiger charge is 2.08. The lowest BCUT2D eigenvalue weighted by Gasteiger charge is -2.15. The van der Waals surface area contributed by atoms with Gasteiger partial charge in [0.25, 0.3) is 0 Å². The van der Waals surface area contributed by atoms with Gasteiger partial charge in [-0.05, 0) is 36.2 Å². The van der Waals surface area contributed by atoms with Gasteiger partial charge in [-0.1, -0.05) is 19.6 Å². The zero-order valence-electron chi connectivity index (χ0n) is 13.4. The molecule has 2 aromatic heterocycles. The molecule has 0 saturated carbocycles. The topological polar surface area (TPSA) is 102 Å². The molecule has 0 radical (unpaired) electrons. The highest BCUT2D eigenvalue weighted by molar-refractivity contribution is 5.71.